The van der Waals surface area contributed by atoms with Gasteiger partial charge in [-0.1, -0.05) is 6.42 Å². The fourth-order valence-electron chi connectivity index (χ4n) is 1.32. The highest BCUT2D eigenvalue weighted by Crippen LogP contribution is 2.28. The third-order valence-electron chi connectivity index (χ3n) is 2.29. The molecule has 62 valence electrons. The van der Waals surface area contributed by atoms with Crippen molar-refractivity contribution in [3.05, 3.63) is 0 Å². The third kappa shape index (κ3) is 2.11. The van der Waals surface area contributed by atoms with Gasteiger partial charge in [-0.05, 0) is 25.8 Å². The van der Waals surface area contributed by atoms with Crippen molar-refractivity contribution >= 4 is 12.4 Å². The molecule has 1 saturated carbocycles. The maximum Gasteiger partial charge on any atom is 0.0587 e. The highest BCUT2D eigenvalue weighted by molar-refractivity contribution is 5.85. The van der Waals surface area contributed by atoms with E-state index >= 15 is 0 Å². The molecule has 1 aliphatic carbocycles. The summed E-state index contributed by atoms with van der Waals surface area (Å²) in [4.78, 5) is 0. The molecule has 2 N–H and O–H groups in total. The van der Waals surface area contributed by atoms with E-state index in [1.165, 1.54) is 19.3 Å². The Bertz CT molecular complexity index is 81.7. The Morgan fingerprint density at radius 1 is 1.60 bits per heavy atom. The highest BCUT2D eigenvalue weighted by Gasteiger charge is 2.24. The molecular formula is C7H16ClNO. The summed E-state index contributed by atoms with van der Waals surface area (Å²) in [6, 6.07) is 0.360. The summed E-state index contributed by atoms with van der Waals surface area (Å²) < 4.78 is 0. The third-order valence-corrected chi connectivity index (χ3v) is 2.29. The Balaban J connectivity index is 0.000000810. The molecule has 1 fully saturated rings. The monoisotopic (exact) mass is 165 g/mol. The van der Waals surface area contributed by atoms with Crippen molar-refractivity contribution in [2.75, 3.05) is 13.7 Å². The lowest BCUT2D eigenvalue weighted by Gasteiger charge is -2.32. The molecule has 10 heavy (non-hydrogen) atoms. The molecule has 0 amide bonds. The normalized spacial score (nSPS) is 21.0. The molecule has 0 heterocycles. The number of hydrogen-bond donors (Lipinski definition) is 2. The Labute approximate surface area is 68.4 Å². The molecule has 0 aromatic heterocycles. The first-order valence-corrected chi connectivity index (χ1v) is 3.66. The lowest BCUT2D eigenvalue weighted by Crippen LogP contribution is -2.40. The van der Waals surface area contributed by atoms with Gasteiger partial charge in [0, 0.05) is 6.04 Å². The second-order valence-corrected chi connectivity index (χ2v) is 2.77. The van der Waals surface area contributed by atoms with E-state index in [1.54, 1.807) is 0 Å². The summed E-state index contributed by atoms with van der Waals surface area (Å²) in [5.41, 5.74) is 0. The second-order valence-electron chi connectivity index (χ2n) is 2.77. The van der Waals surface area contributed by atoms with E-state index in [0.29, 0.717) is 12.6 Å². The second kappa shape index (κ2) is 4.94. The van der Waals surface area contributed by atoms with Crippen LogP contribution in [-0.4, -0.2) is 24.8 Å². The number of hydrogen-bond acceptors (Lipinski definition) is 2. The lowest BCUT2D eigenvalue weighted by atomic mass is 9.80. The Kier molecular flexibility index (Phi) is 5.04. The molecule has 0 saturated heterocycles. The van der Waals surface area contributed by atoms with Crippen molar-refractivity contribution in [3.63, 3.8) is 0 Å². The number of nitrogens with one attached hydrogen (secondary N) is 1. The van der Waals surface area contributed by atoms with Gasteiger partial charge in [0.15, 0.2) is 0 Å². The first-order valence-electron chi connectivity index (χ1n) is 3.66. The van der Waals surface area contributed by atoms with E-state index < -0.39 is 0 Å². The van der Waals surface area contributed by atoms with Gasteiger partial charge in [0.2, 0.25) is 0 Å². The molecule has 1 aliphatic rings. The number of aliphatic hydroxyl groups is 1. The van der Waals surface area contributed by atoms with E-state index in [0.717, 1.165) is 5.92 Å². The minimum absolute atomic E-state index is 0. The van der Waals surface area contributed by atoms with E-state index in [-0.39, 0.29) is 12.4 Å². The zero-order chi connectivity index (χ0) is 6.69. The van der Waals surface area contributed by atoms with Gasteiger partial charge in [-0.2, -0.15) is 0 Å². The predicted octanol–water partition coefficient (Wildman–Crippen LogP) is 0.789. The van der Waals surface area contributed by atoms with Crippen molar-refractivity contribution in [1.29, 1.82) is 0 Å². The van der Waals surface area contributed by atoms with Gasteiger partial charge in [0.05, 0.1) is 6.61 Å². The summed E-state index contributed by atoms with van der Waals surface area (Å²) in [7, 11) is 1.92. The van der Waals surface area contributed by atoms with Crippen molar-refractivity contribution in [3.8, 4) is 0 Å². The number of halogens is 1. The molecule has 2 nitrogen and oxygen atoms in total. The molecular weight excluding hydrogens is 150 g/mol. The smallest absolute Gasteiger partial charge is 0.0587 e. The molecule has 3 heteroatoms. The molecule has 0 radical (unpaired) electrons. The van der Waals surface area contributed by atoms with Gasteiger partial charge >= 0.3 is 0 Å². The van der Waals surface area contributed by atoms with Crippen LogP contribution in [0.1, 0.15) is 19.3 Å². The van der Waals surface area contributed by atoms with Gasteiger partial charge in [-0.3, -0.25) is 0 Å². The van der Waals surface area contributed by atoms with Crippen molar-refractivity contribution in [1.82, 2.24) is 5.32 Å². The van der Waals surface area contributed by atoms with E-state index in [4.69, 9.17) is 5.11 Å². The fraction of sp³-hybridized carbons (Fsp3) is 1.00. The quantitative estimate of drug-likeness (QED) is 0.648. The number of rotatable bonds is 3. The van der Waals surface area contributed by atoms with Crippen LogP contribution in [0.15, 0.2) is 0 Å². The van der Waals surface area contributed by atoms with E-state index in [2.05, 4.69) is 5.32 Å². The molecule has 0 aromatic carbocycles. The summed E-state index contributed by atoms with van der Waals surface area (Å²) in [5, 5.41) is 11.9. The van der Waals surface area contributed by atoms with Crippen LogP contribution < -0.4 is 5.32 Å². The minimum Gasteiger partial charge on any atom is -0.395 e. The van der Waals surface area contributed by atoms with Crippen LogP contribution in [0.2, 0.25) is 0 Å². The van der Waals surface area contributed by atoms with Crippen molar-refractivity contribution < 1.29 is 5.11 Å². The first-order chi connectivity index (χ1) is 4.38. The maximum atomic E-state index is 8.80. The summed E-state index contributed by atoms with van der Waals surface area (Å²) in [6.45, 7) is 0.293. The van der Waals surface area contributed by atoms with Crippen LogP contribution in [0, 0.1) is 5.92 Å². The number of likely N-dealkylation sites (N-methyl/N-ethyl adjacent to an activating group) is 1. The van der Waals surface area contributed by atoms with Gasteiger partial charge in [-0.25, -0.2) is 0 Å². The molecule has 1 unspecified atom stereocenters. The maximum absolute atomic E-state index is 8.80. The lowest BCUT2D eigenvalue weighted by molar-refractivity contribution is 0.155. The average Bonchev–Trinajstić information content (AvgIpc) is 1.78. The first kappa shape index (κ1) is 10.2. The highest BCUT2D eigenvalue weighted by atomic mass is 35.5. The Morgan fingerprint density at radius 3 is 2.30 bits per heavy atom. The average molecular weight is 166 g/mol. The van der Waals surface area contributed by atoms with Crippen LogP contribution in [-0.2, 0) is 0 Å². The van der Waals surface area contributed by atoms with Crippen LogP contribution in [0.3, 0.4) is 0 Å². The Hall–Kier alpha value is 0.210. The van der Waals surface area contributed by atoms with Gasteiger partial charge < -0.3 is 10.4 Å². The molecule has 0 bridgehead atoms. The van der Waals surface area contributed by atoms with Crippen LogP contribution in [0.4, 0.5) is 0 Å². The van der Waals surface area contributed by atoms with Crippen molar-refractivity contribution in [2.24, 2.45) is 5.92 Å². The molecule has 0 aromatic rings. The van der Waals surface area contributed by atoms with Crippen LogP contribution in [0.25, 0.3) is 0 Å². The zero-order valence-corrected chi connectivity index (χ0v) is 7.16. The predicted molar refractivity (Wildman–Crippen MR) is 44.5 cm³/mol. The van der Waals surface area contributed by atoms with Crippen LogP contribution in [0.5, 0.6) is 0 Å². The largest absolute Gasteiger partial charge is 0.395 e. The van der Waals surface area contributed by atoms with Crippen LogP contribution >= 0.6 is 12.4 Å². The van der Waals surface area contributed by atoms with E-state index in [1.807, 2.05) is 7.05 Å². The summed E-state index contributed by atoms with van der Waals surface area (Å²) in [6.07, 6.45) is 3.95. The van der Waals surface area contributed by atoms with Gasteiger partial charge in [-0.15, -0.1) is 12.4 Å². The van der Waals surface area contributed by atoms with E-state index in [9.17, 15) is 0 Å². The summed E-state index contributed by atoms with van der Waals surface area (Å²) >= 11 is 0. The zero-order valence-electron chi connectivity index (χ0n) is 6.34. The molecule has 0 aliphatic heterocycles. The molecule has 1 rings (SSSR count). The Morgan fingerprint density at radius 2 is 2.20 bits per heavy atom. The summed E-state index contributed by atoms with van der Waals surface area (Å²) in [5.74, 6) is 0.750. The number of aliphatic hydroxyl groups excluding tert-OH is 1. The topological polar surface area (TPSA) is 32.3 Å². The molecule has 0 spiro atoms. The van der Waals surface area contributed by atoms with Gasteiger partial charge in [0.1, 0.15) is 0 Å². The molecule has 1 atom stereocenters. The van der Waals surface area contributed by atoms with Gasteiger partial charge in [0.25, 0.3) is 0 Å². The SMILES string of the molecule is CNC(CO)C1CCC1.Cl. The van der Waals surface area contributed by atoms with Crippen molar-refractivity contribution in [2.45, 2.75) is 25.3 Å². The fourth-order valence-corrected chi connectivity index (χ4v) is 1.32. The minimum atomic E-state index is 0. The standard InChI is InChI=1S/C7H15NO.ClH/c1-8-7(5-9)6-3-2-4-6;/h6-9H,2-5H2,1H3;1H.